The first-order valence-electron chi connectivity index (χ1n) is 10.1. The molecule has 0 saturated carbocycles. The smallest absolute Gasteiger partial charge is 0.216 e. The highest BCUT2D eigenvalue weighted by atomic mass is 16.5. The largest absolute Gasteiger partial charge is 0.497 e. The standard InChI is InChI=1S/C21H27N7O3/c1-22-21(23-12-19-25-20(27-26-19)18-5-4-8-31-18)24-14-6-7-28(13-14)15-9-16(29-2)11-17(10-15)30-3/h4-5,8-11,14H,6-7,12-13H2,1-3H3,(H2,22,23,24)(H,25,26,27). The lowest BCUT2D eigenvalue weighted by atomic mass is 10.2. The fraction of sp³-hybridized carbons (Fsp3) is 0.381. The van der Waals surface area contributed by atoms with Gasteiger partial charge in [0.2, 0.25) is 5.82 Å². The van der Waals surface area contributed by atoms with Gasteiger partial charge in [-0.15, -0.1) is 5.10 Å². The predicted octanol–water partition coefficient (Wildman–Crippen LogP) is 2.03. The predicted molar refractivity (Wildman–Crippen MR) is 118 cm³/mol. The van der Waals surface area contributed by atoms with E-state index in [-0.39, 0.29) is 6.04 Å². The van der Waals surface area contributed by atoms with Gasteiger partial charge in [0.1, 0.15) is 17.3 Å². The van der Waals surface area contributed by atoms with Crippen LogP contribution < -0.4 is 25.0 Å². The Morgan fingerprint density at radius 2 is 2.10 bits per heavy atom. The van der Waals surface area contributed by atoms with E-state index in [2.05, 4.69) is 35.7 Å². The first-order valence-corrected chi connectivity index (χ1v) is 10.1. The van der Waals surface area contributed by atoms with E-state index in [4.69, 9.17) is 13.9 Å². The van der Waals surface area contributed by atoms with E-state index in [1.54, 1.807) is 27.5 Å². The van der Waals surface area contributed by atoms with Gasteiger partial charge in [-0.05, 0) is 18.6 Å². The summed E-state index contributed by atoms with van der Waals surface area (Å²) >= 11 is 0. The Labute approximate surface area is 180 Å². The maximum absolute atomic E-state index is 5.39. The Hall–Kier alpha value is -3.69. The third-order valence-electron chi connectivity index (χ3n) is 5.15. The van der Waals surface area contributed by atoms with E-state index in [9.17, 15) is 0 Å². The molecule has 3 N–H and O–H groups in total. The van der Waals surface area contributed by atoms with Gasteiger partial charge in [-0.2, -0.15) is 0 Å². The van der Waals surface area contributed by atoms with Crippen molar-refractivity contribution in [3.8, 4) is 23.1 Å². The number of anilines is 1. The molecule has 10 heteroatoms. The molecule has 1 fully saturated rings. The number of aromatic nitrogens is 3. The molecule has 1 atom stereocenters. The summed E-state index contributed by atoms with van der Waals surface area (Å²) in [6.45, 7) is 2.25. The normalized spacial score (nSPS) is 16.4. The summed E-state index contributed by atoms with van der Waals surface area (Å²) in [5.74, 6) is 4.14. The Balaban J connectivity index is 1.32. The van der Waals surface area contributed by atoms with Crippen molar-refractivity contribution in [1.82, 2.24) is 25.8 Å². The molecule has 2 aromatic heterocycles. The molecule has 0 aliphatic carbocycles. The number of aromatic amines is 1. The molecular weight excluding hydrogens is 398 g/mol. The number of benzene rings is 1. The number of aliphatic imine (C=N–C) groups is 1. The molecule has 1 saturated heterocycles. The number of methoxy groups -OCH3 is 2. The highest BCUT2D eigenvalue weighted by Gasteiger charge is 2.24. The Kier molecular flexibility index (Phi) is 6.25. The topological polar surface area (TPSA) is 113 Å². The Morgan fingerprint density at radius 1 is 1.29 bits per heavy atom. The van der Waals surface area contributed by atoms with Crippen molar-refractivity contribution in [2.24, 2.45) is 4.99 Å². The molecular formula is C21H27N7O3. The highest BCUT2D eigenvalue weighted by Crippen LogP contribution is 2.30. The van der Waals surface area contributed by atoms with E-state index in [0.717, 1.165) is 36.7 Å². The molecule has 3 heterocycles. The molecule has 4 rings (SSSR count). The van der Waals surface area contributed by atoms with Gasteiger partial charge < -0.3 is 29.4 Å². The van der Waals surface area contributed by atoms with E-state index in [1.807, 2.05) is 30.3 Å². The summed E-state index contributed by atoms with van der Waals surface area (Å²) in [6.07, 6.45) is 2.59. The summed E-state index contributed by atoms with van der Waals surface area (Å²) < 4.78 is 16.1. The second-order valence-electron chi connectivity index (χ2n) is 7.16. The second-order valence-corrected chi connectivity index (χ2v) is 7.16. The van der Waals surface area contributed by atoms with Crippen LogP contribution in [0.5, 0.6) is 11.5 Å². The number of nitrogens with one attached hydrogen (secondary N) is 3. The molecule has 164 valence electrons. The zero-order valence-corrected chi connectivity index (χ0v) is 17.9. The zero-order valence-electron chi connectivity index (χ0n) is 17.9. The number of nitrogens with zero attached hydrogens (tertiary/aromatic N) is 4. The van der Waals surface area contributed by atoms with Crippen molar-refractivity contribution in [2.45, 2.75) is 19.0 Å². The SMILES string of the molecule is CN=C(NCc1nc(-c2ccco2)n[nH]1)NC1CCN(c2cc(OC)cc(OC)c2)C1. The van der Waals surface area contributed by atoms with Crippen molar-refractivity contribution in [1.29, 1.82) is 0 Å². The lowest BCUT2D eigenvalue weighted by Gasteiger charge is -2.21. The summed E-state index contributed by atoms with van der Waals surface area (Å²) in [5.41, 5.74) is 1.08. The molecule has 0 spiro atoms. The van der Waals surface area contributed by atoms with Crippen molar-refractivity contribution in [3.63, 3.8) is 0 Å². The first-order chi connectivity index (χ1) is 15.2. The molecule has 3 aromatic rings. The van der Waals surface area contributed by atoms with Crippen LogP contribution in [0.3, 0.4) is 0 Å². The van der Waals surface area contributed by atoms with Gasteiger partial charge in [0.25, 0.3) is 0 Å². The number of furan rings is 1. The van der Waals surface area contributed by atoms with Gasteiger partial charge in [0.15, 0.2) is 11.7 Å². The van der Waals surface area contributed by atoms with Crippen molar-refractivity contribution < 1.29 is 13.9 Å². The van der Waals surface area contributed by atoms with Crippen LogP contribution in [-0.2, 0) is 6.54 Å². The fourth-order valence-electron chi connectivity index (χ4n) is 3.53. The molecule has 10 nitrogen and oxygen atoms in total. The van der Waals surface area contributed by atoms with Crippen LogP contribution in [0.4, 0.5) is 5.69 Å². The molecule has 1 unspecified atom stereocenters. The van der Waals surface area contributed by atoms with E-state index < -0.39 is 0 Å². The minimum Gasteiger partial charge on any atom is -0.497 e. The average Bonchev–Trinajstić information content (AvgIpc) is 3.57. The van der Waals surface area contributed by atoms with Gasteiger partial charge >= 0.3 is 0 Å². The van der Waals surface area contributed by atoms with Gasteiger partial charge in [-0.1, -0.05) is 0 Å². The van der Waals surface area contributed by atoms with E-state index in [0.29, 0.717) is 29.9 Å². The summed E-state index contributed by atoms with van der Waals surface area (Å²) in [5, 5.41) is 13.9. The number of H-pyrrole nitrogens is 1. The molecule has 0 bridgehead atoms. The number of ether oxygens (including phenoxy) is 2. The van der Waals surface area contributed by atoms with E-state index >= 15 is 0 Å². The van der Waals surface area contributed by atoms with Crippen molar-refractivity contribution >= 4 is 11.6 Å². The minimum absolute atomic E-state index is 0.261. The zero-order chi connectivity index (χ0) is 21.6. The molecule has 1 aliphatic heterocycles. The van der Waals surface area contributed by atoms with Crippen LogP contribution in [0, 0.1) is 0 Å². The van der Waals surface area contributed by atoms with Crippen molar-refractivity contribution in [2.75, 3.05) is 39.3 Å². The fourth-order valence-corrected chi connectivity index (χ4v) is 3.53. The number of guanidine groups is 1. The second kappa shape index (κ2) is 9.41. The lowest BCUT2D eigenvalue weighted by molar-refractivity contribution is 0.394. The maximum Gasteiger partial charge on any atom is 0.216 e. The monoisotopic (exact) mass is 425 g/mol. The van der Waals surface area contributed by atoms with Crippen molar-refractivity contribution in [3.05, 3.63) is 42.4 Å². The number of rotatable bonds is 7. The maximum atomic E-state index is 5.39. The first kappa shape index (κ1) is 20.6. The lowest BCUT2D eigenvalue weighted by Crippen LogP contribution is -2.44. The highest BCUT2D eigenvalue weighted by molar-refractivity contribution is 5.80. The Morgan fingerprint density at radius 3 is 2.77 bits per heavy atom. The quantitative estimate of drug-likeness (QED) is 0.389. The van der Waals surface area contributed by atoms with Crippen LogP contribution in [-0.4, -0.2) is 61.5 Å². The third-order valence-corrected chi connectivity index (χ3v) is 5.15. The van der Waals surface area contributed by atoms with Gasteiger partial charge in [0, 0.05) is 50.1 Å². The average molecular weight is 425 g/mol. The minimum atomic E-state index is 0.261. The summed E-state index contributed by atoms with van der Waals surface area (Å²) in [7, 11) is 5.08. The van der Waals surface area contributed by atoms with Crippen LogP contribution >= 0.6 is 0 Å². The molecule has 31 heavy (non-hydrogen) atoms. The number of hydrogen-bond donors (Lipinski definition) is 3. The molecule has 1 aromatic carbocycles. The van der Waals surface area contributed by atoms with Gasteiger partial charge in [-0.3, -0.25) is 10.1 Å². The van der Waals surface area contributed by atoms with E-state index in [1.165, 1.54) is 0 Å². The summed E-state index contributed by atoms with van der Waals surface area (Å²) in [4.78, 5) is 11.1. The van der Waals surface area contributed by atoms with Crippen LogP contribution in [0.25, 0.3) is 11.6 Å². The van der Waals surface area contributed by atoms with Crippen LogP contribution in [0.2, 0.25) is 0 Å². The van der Waals surface area contributed by atoms with Crippen LogP contribution in [0.1, 0.15) is 12.2 Å². The van der Waals surface area contributed by atoms with Crippen LogP contribution in [0.15, 0.2) is 46.0 Å². The summed E-state index contributed by atoms with van der Waals surface area (Å²) in [6, 6.07) is 9.82. The molecule has 0 amide bonds. The van der Waals surface area contributed by atoms with Gasteiger partial charge in [0.05, 0.1) is 27.0 Å². The molecule has 0 radical (unpaired) electrons. The number of hydrogen-bond acceptors (Lipinski definition) is 7. The Bertz CT molecular complexity index is 994. The molecule has 1 aliphatic rings. The van der Waals surface area contributed by atoms with Gasteiger partial charge in [-0.25, -0.2) is 4.98 Å². The third kappa shape index (κ3) is 4.90.